The highest BCUT2D eigenvalue weighted by Crippen LogP contribution is 2.29. The second-order valence-corrected chi connectivity index (χ2v) is 9.90. The second kappa shape index (κ2) is 10.3. The summed E-state index contributed by atoms with van der Waals surface area (Å²) in [5, 5.41) is 3.95. The molecular weight excluding hydrogens is 564 g/mol. The molecule has 0 aromatic heterocycles. The average Bonchev–Trinajstić information content (AvgIpc) is 2.75. The van der Waals surface area contributed by atoms with Crippen molar-refractivity contribution in [1.82, 2.24) is 5.43 Å². The van der Waals surface area contributed by atoms with Gasteiger partial charge in [-0.3, -0.25) is 4.79 Å². The van der Waals surface area contributed by atoms with Crippen LogP contribution in [-0.4, -0.2) is 27.6 Å². The minimum Gasteiger partial charge on any atom is -0.496 e. The quantitative estimate of drug-likeness (QED) is 0.239. The number of benzene rings is 3. The molecule has 7 nitrogen and oxygen atoms in total. The third-order valence-electron chi connectivity index (χ3n) is 4.25. The number of hydrazone groups is 1. The zero-order valence-electron chi connectivity index (χ0n) is 17.0. The lowest BCUT2D eigenvalue weighted by Crippen LogP contribution is -2.18. The summed E-state index contributed by atoms with van der Waals surface area (Å²) in [6, 6.07) is 16.2. The summed E-state index contributed by atoms with van der Waals surface area (Å²) < 4.78 is 36.5. The number of carbonyl (C=O) groups excluding carboxylic acids is 1. The Morgan fingerprint density at radius 2 is 1.69 bits per heavy atom. The van der Waals surface area contributed by atoms with Crippen LogP contribution in [0.3, 0.4) is 0 Å². The van der Waals surface area contributed by atoms with E-state index in [-0.39, 0.29) is 10.6 Å². The van der Waals surface area contributed by atoms with Crippen molar-refractivity contribution in [3.05, 3.63) is 86.3 Å². The molecule has 0 spiro atoms. The molecule has 1 N–H and O–H groups in total. The summed E-state index contributed by atoms with van der Waals surface area (Å²) in [5.41, 5.74) is 4.31. The first-order valence-electron chi connectivity index (χ1n) is 9.17. The molecule has 0 heterocycles. The van der Waals surface area contributed by atoms with Gasteiger partial charge < -0.3 is 8.92 Å². The van der Waals surface area contributed by atoms with Crippen molar-refractivity contribution >= 4 is 54.1 Å². The van der Waals surface area contributed by atoms with Crippen LogP contribution < -0.4 is 14.3 Å². The molecule has 3 aromatic rings. The van der Waals surface area contributed by atoms with Gasteiger partial charge >= 0.3 is 10.1 Å². The van der Waals surface area contributed by atoms with Crippen molar-refractivity contribution in [2.45, 2.75) is 11.8 Å². The van der Waals surface area contributed by atoms with Gasteiger partial charge in [-0.2, -0.15) is 13.5 Å². The number of nitrogens with one attached hydrogen (secondary N) is 1. The SMILES string of the molecule is COc1ccc(Br)cc1C(=O)N/N=C\c1ccc(OS(=O)(=O)c2ccc(C)cc2)c(Br)c1. The Hall–Kier alpha value is -2.69. The predicted molar refractivity (Wildman–Crippen MR) is 129 cm³/mol. The standard InChI is InChI=1S/C22H18Br2N2O5S/c1-14-3-7-17(8-4-14)32(28,29)31-21-9-5-15(11-19(21)24)13-25-26-22(27)18-12-16(23)6-10-20(18)30-2/h3-13H,1-2H3,(H,26,27)/b25-13-. The lowest BCUT2D eigenvalue weighted by Gasteiger charge is -2.09. The first-order chi connectivity index (χ1) is 15.2. The van der Waals surface area contributed by atoms with Crippen molar-refractivity contribution in [3.63, 3.8) is 0 Å². The molecule has 3 rings (SSSR count). The van der Waals surface area contributed by atoms with Gasteiger partial charge in [0.1, 0.15) is 10.6 Å². The van der Waals surface area contributed by atoms with E-state index >= 15 is 0 Å². The molecular formula is C22H18Br2N2O5S. The van der Waals surface area contributed by atoms with E-state index in [1.54, 1.807) is 42.5 Å². The fourth-order valence-electron chi connectivity index (χ4n) is 2.62. The van der Waals surface area contributed by atoms with Crippen molar-refractivity contribution in [2.24, 2.45) is 5.10 Å². The van der Waals surface area contributed by atoms with Crippen LogP contribution in [0.15, 0.2) is 79.6 Å². The van der Waals surface area contributed by atoms with Gasteiger partial charge in [0, 0.05) is 4.47 Å². The fraction of sp³-hybridized carbons (Fsp3) is 0.0909. The average molecular weight is 582 g/mol. The maximum absolute atomic E-state index is 12.5. The number of nitrogens with zero attached hydrogens (tertiary/aromatic N) is 1. The fourth-order valence-corrected chi connectivity index (χ4v) is 4.51. The van der Waals surface area contributed by atoms with E-state index in [0.717, 1.165) is 10.0 Å². The number of aryl methyl sites for hydroxylation is 1. The van der Waals surface area contributed by atoms with E-state index in [1.807, 2.05) is 6.92 Å². The molecule has 32 heavy (non-hydrogen) atoms. The molecule has 0 saturated carbocycles. The van der Waals surface area contributed by atoms with E-state index < -0.39 is 16.0 Å². The second-order valence-electron chi connectivity index (χ2n) is 6.58. The molecule has 0 unspecified atom stereocenters. The number of halogens is 2. The maximum atomic E-state index is 12.5. The molecule has 166 valence electrons. The number of hydrogen-bond donors (Lipinski definition) is 1. The van der Waals surface area contributed by atoms with E-state index in [4.69, 9.17) is 8.92 Å². The highest BCUT2D eigenvalue weighted by atomic mass is 79.9. The molecule has 0 atom stereocenters. The maximum Gasteiger partial charge on any atom is 0.339 e. The molecule has 0 bridgehead atoms. The van der Waals surface area contributed by atoms with Gasteiger partial charge in [0.2, 0.25) is 0 Å². The van der Waals surface area contributed by atoms with Crippen molar-refractivity contribution in [2.75, 3.05) is 7.11 Å². The van der Waals surface area contributed by atoms with Crippen LogP contribution in [0, 0.1) is 6.92 Å². The van der Waals surface area contributed by atoms with Crippen LogP contribution >= 0.6 is 31.9 Å². The van der Waals surface area contributed by atoms with E-state index in [2.05, 4.69) is 42.4 Å². The van der Waals surface area contributed by atoms with Gasteiger partial charge in [-0.05, 0) is 76.9 Å². The van der Waals surface area contributed by atoms with Crippen LogP contribution in [-0.2, 0) is 10.1 Å². The first-order valence-corrected chi connectivity index (χ1v) is 12.2. The summed E-state index contributed by atoms with van der Waals surface area (Å²) in [6.45, 7) is 1.87. The topological polar surface area (TPSA) is 94.1 Å². The van der Waals surface area contributed by atoms with Gasteiger partial charge in [0.25, 0.3) is 5.91 Å². The van der Waals surface area contributed by atoms with E-state index in [9.17, 15) is 13.2 Å². The van der Waals surface area contributed by atoms with Gasteiger partial charge in [-0.1, -0.05) is 33.6 Å². The lowest BCUT2D eigenvalue weighted by atomic mass is 10.2. The molecule has 0 saturated heterocycles. The lowest BCUT2D eigenvalue weighted by molar-refractivity contribution is 0.0952. The van der Waals surface area contributed by atoms with Crippen LogP contribution in [0.1, 0.15) is 21.5 Å². The largest absolute Gasteiger partial charge is 0.496 e. The van der Waals surface area contributed by atoms with E-state index in [1.165, 1.54) is 31.5 Å². The van der Waals surface area contributed by atoms with Crippen molar-refractivity contribution < 1.29 is 22.1 Å². The number of hydrogen-bond acceptors (Lipinski definition) is 6. The Bertz CT molecular complexity index is 1280. The zero-order valence-corrected chi connectivity index (χ0v) is 21.0. The number of rotatable bonds is 7. The summed E-state index contributed by atoms with van der Waals surface area (Å²) in [4.78, 5) is 12.4. The number of carbonyl (C=O) groups is 1. The first kappa shape index (κ1) is 24.0. The highest BCUT2D eigenvalue weighted by Gasteiger charge is 2.18. The Morgan fingerprint density at radius 1 is 1.00 bits per heavy atom. The molecule has 3 aromatic carbocycles. The van der Waals surface area contributed by atoms with Crippen LogP contribution in [0.4, 0.5) is 0 Å². The summed E-state index contributed by atoms with van der Waals surface area (Å²) in [7, 11) is -2.50. The summed E-state index contributed by atoms with van der Waals surface area (Å²) in [6.07, 6.45) is 1.42. The molecule has 0 aliphatic carbocycles. The normalized spacial score (nSPS) is 11.4. The molecule has 0 aliphatic rings. The van der Waals surface area contributed by atoms with Gasteiger partial charge in [-0.25, -0.2) is 5.43 Å². The van der Waals surface area contributed by atoms with Gasteiger partial charge in [0.05, 0.1) is 23.4 Å². The third-order valence-corrected chi connectivity index (χ3v) is 6.61. The third kappa shape index (κ3) is 5.96. The monoisotopic (exact) mass is 580 g/mol. The summed E-state index contributed by atoms with van der Waals surface area (Å²) >= 11 is 6.63. The van der Waals surface area contributed by atoms with E-state index in [0.29, 0.717) is 21.3 Å². The minimum absolute atomic E-state index is 0.0614. The smallest absolute Gasteiger partial charge is 0.339 e. The Labute approximate surface area is 202 Å². The summed E-state index contributed by atoms with van der Waals surface area (Å²) in [5.74, 6) is 0.105. The minimum atomic E-state index is -3.97. The zero-order chi connectivity index (χ0) is 23.3. The van der Waals surface area contributed by atoms with Gasteiger partial charge in [-0.15, -0.1) is 0 Å². The predicted octanol–water partition coefficient (Wildman–Crippen LogP) is 5.06. The Kier molecular flexibility index (Phi) is 7.70. The number of methoxy groups -OCH3 is 1. The van der Waals surface area contributed by atoms with Crippen molar-refractivity contribution in [1.29, 1.82) is 0 Å². The molecule has 10 heteroatoms. The van der Waals surface area contributed by atoms with Gasteiger partial charge in [0.15, 0.2) is 5.75 Å². The highest BCUT2D eigenvalue weighted by molar-refractivity contribution is 9.10. The number of ether oxygens (including phenoxy) is 1. The Morgan fingerprint density at radius 3 is 2.34 bits per heavy atom. The number of amides is 1. The molecule has 1 amide bonds. The van der Waals surface area contributed by atoms with Crippen LogP contribution in [0.2, 0.25) is 0 Å². The van der Waals surface area contributed by atoms with Crippen LogP contribution in [0.5, 0.6) is 11.5 Å². The molecule has 0 fully saturated rings. The Balaban J connectivity index is 1.70. The van der Waals surface area contributed by atoms with Crippen LogP contribution in [0.25, 0.3) is 0 Å². The van der Waals surface area contributed by atoms with Crippen molar-refractivity contribution in [3.8, 4) is 11.5 Å². The molecule has 0 aliphatic heterocycles. The molecule has 0 radical (unpaired) electrons.